The van der Waals surface area contributed by atoms with Crippen LogP contribution in [0.1, 0.15) is 32.3 Å². The van der Waals surface area contributed by atoms with Gasteiger partial charge in [0.2, 0.25) is 11.8 Å². The van der Waals surface area contributed by atoms with E-state index >= 15 is 0 Å². The molecular weight excluding hydrogens is 276 g/mol. The maximum absolute atomic E-state index is 12.3. The first-order valence-electron chi connectivity index (χ1n) is 6.74. The lowest BCUT2D eigenvalue weighted by Gasteiger charge is -2.30. The van der Waals surface area contributed by atoms with E-state index in [0.29, 0.717) is 19.5 Å². The van der Waals surface area contributed by atoms with Gasteiger partial charge in [-0.1, -0.05) is 6.92 Å². The molecule has 6 heteroatoms. The van der Waals surface area contributed by atoms with E-state index in [2.05, 4.69) is 5.32 Å². The number of nitrogens with one attached hydrogen (secondary N) is 1. The second kappa shape index (κ2) is 8.71. The van der Waals surface area contributed by atoms with Crippen molar-refractivity contribution in [3.05, 3.63) is 22.4 Å². The van der Waals surface area contributed by atoms with E-state index in [1.165, 1.54) is 6.92 Å². The maximum Gasteiger partial charge on any atom is 0.224 e. The van der Waals surface area contributed by atoms with Crippen LogP contribution in [0, 0.1) is 0 Å². The van der Waals surface area contributed by atoms with Crippen molar-refractivity contribution in [1.82, 2.24) is 10.2 Å². The predicted molar refractivity (Wildman–Crippen MR) is 79.3 cm³/mol. The number of aliphatic hydroxyl groups is 1. The van der Waals surface area contributed by atoms with Gasteiger partial charge in [-0.25, -0.2) is 0 Å². The zero-order valence-corrected chi connectivity index (χ0v) is 12.8. The van der Waals surface area contributed by atoms with Gasteiger partial charge in [0.25, 0.3) is 0 Å². The van der Waals surface area contributed by atoms with E-state index in [4.69, 9.17) is 0 Å². The third-order valence-corrected chi connectivity index (χ3v) is 3.82. The number of thiophene rings is 1. The summed E-state index contributed by atoms with van der Waals surface area (Å²) in [5.41, 5.74) is 1.06. The summed E-state index contributed by atoms with van der Waals surface area (Å²) in [4.78, 5) is 24.8. The summed E-state index contributed by atoms with van der Waals surface area (Å²) in [6.07, 6.45) is 0.951. The number of carbonyl (C=O) groups is 2. The Morgan fingerprint density at radius 3 is 2.75 bits per heavy atom. The molecule has 1 aromatic heterocycles. The molecule has 0 aliphatic rings. The average molecular weight is 298 g/mol. The summed E-state index contributed by atoms with van der Waals surface area (Å²) in [7, 11) is 0. The van der Waals surface area contributed by atoms with Crippen LogP contribution < -0.4 is 5.32 Å². The molecule has 0 aromatic carbocycles. The van der Waals surface area contributed by atoms with Crippen LogP contribution in [0.4, 0.5) is 0 Å². The molecule has 1 heterocycles. The third kappa shape index (κ3) is 5.30. The quantitative estimate of drug-likeness (QED) is 0.761. The van der Waals surface area contributed by atoms with Gasteiger partial charge in [-0.15, -0.1) is 0 Å². The number of nitrogens with zero attached hydrogens (tertiary/aromatic N) is 1. The monoisotopic (exact) mass is 298 g/mol. The van der Waals surface area contributed by atoms with Crippen LogP contribution in [0.25, 0.3) is 0 Å². The van der Waals surface area contributed by atoms with Crippen molar-refractivity contribution >= 4 is 23.2 Å². The van der Waals surface area contributed by atoms with Crippen LogP contribution in [0.2, 0.25) is 0 Å². The van der Waals surface area contributed by atoms with Gasteiger partial charge in [-0.2, -0.15) is 11.3 Å². The smallest absolute Gasteiger partial charge is 0.224 e. The topological polar surface area (TPSA) is 69.6 Å². The fourth-order valence-electron chi connectivity index (χ4n) is 1.94. The second-order valence-corrected chi connectivity index (χ2v) is 5.41. The first-order chi connectivity index (χ1) is 9.58. The second-order valence-electron chi connectivity index (χ2n) is 4.63. The van der Waals surface area contributed by atoms with Crippen molar-refractivity contribution in [2.24, 2.45) is 0 Å². The lowest BCUT2D eigenvalue weighted by molar-refractivity contribution is -0.135. The molecule has 2 N–H and O–H groups in total. The molecule has 1 atom stereocenters. The molecule has 0 radical (unpaired) electrons. The van der Waals surface area contributed by atoms with Gasteiger partial charge >= 0.3 is 0 Å². The summed E-state index contributed by atoms with van der Waals surface area (Å²) in [5, 5.41) is 16.0. The number of amides is 2. The first kappa shape index (κ1) is 16.7. The first-order valence-corrected chi connectivity index (χ1v) is 7.68. The lowest BCUT2D eigenvalue weighted by atomic mass is 10.1. The van der Waals surface area contributed by atoms with Gasteiger partial charge in [-0.3, -0.25) is 9.59 Å². The maximum atomic E-state index is 12.3. The van der Waals surface area contributed by atoms with Crippen molar-refractivity contribution in [2.75, 3.05) is 13.2 Å². The molecule has 0 fully saturated rings. The molecule has 0 saturated carbocycles. The van der Waals surface area contributed by atoms with Crippen molar-refractivity contribution in [3.8, 4) is 0 Å². The van der Waals surface area contributed by atoms with Crippen molar-refractivity contribution in [2.45, 2.75) is 39.3 Å². The molecular formula is C14H22N2O3S. The van der Waals surface area contributed by atoms with Gasteiger partial charge in [0.1, 0.15) is 0 Å². The molecule has 5 nitrogen and oxygen atoms in total. The van der Waals surface area contributed by atoms with Crippen LogP contribution >= 0.6 is 11.3 Å². The van der Waals surface area contributed by atoms with E-state index in [1.54, 1.807) is 16.2 Å². The summed E-state index contributed by atoms with van der Waals surface area (Å²) in [6, 6.07) is 1.79. The van der Waals surface area contributed by atoms with Gasteiger partial charge in [-0.05, 0) is 28.8 Å². The van der Waals surface area contributed by atoms with Gasteiger partial charge < -0.3 is 15.3 Å². The van der Waals surface area contributed by atoms with E-state index in [0.717, 1.165) is 5.56 Å². The summed E-state index contributed by atoms with van der Waals surface area (Å²) >= 11 is 1.58. The summed E-state index contributed by atoms with van der Waals surface area (Å²) in [6.45, 7) is 4.16. The molecule has 20 heavy (non-hydrogen) atoms. The Balaban J connectivity index is 2.65. The Kier molecular flexibility index (Phi) is 7.25. The van der Waals surface area contributed by atoms with Crippen molar-refractivity contribution in [1.29, 1.82) is 0 Å². The Morgan fingerprint density at radius 1 is 1.50 bits per heavy atom. The molecule has 0 bridgehead atoms. The molecule has 112 valence electrons. The van der Waals surface area contributed by atoms with Gasteiger partial charge in [0, 0.05) is 26.4 Å². The molecule has 1 aromatic rings. The lowest BCUT2D eigenvalue weighted by Crippen LogP contribution is -2.42. The van der Waals surface area contributed by atoms with Crippen LogP contribution in [0.15, 0.2) is 16.8 Å². The Labute approximate surface area is 123 Å². The van der Waals surface area contributed by atoms with E-state index < -0.39 is 0 Å². The highest BCUT2D eigenvalue weighted by Gasteiger charge is 2.21. The predicted octanol–water partition coefficient (Wildman–Crippen LogP) is 1.37. The minimum atomic E-state index is -0.181. The number of hydrogen-bond acceptors (Lipinski definition) is 4. The molecule has 0 saturated heterocycles. The largest absolute Gasteiger partial charge is 0.394 e. The SMILES string of the molecule is CC[C@H](CO)N(Cc1ccsc1)C(=O)CCNC(C)=O. The zero-order chi connectivity index (χ0) is 15.0. The minimum absolute atomic E-state index is 0.0491. The Morgan fingerprint density at radius 2 is 2.25 bits per heavy atom. The number of hydrogen-bond donors (Lipinski definition) is 2. The van der Waals surface area contributed by atoms with E-state index in [-0.39, 0.29) is 30.9 Å². The van der Waals surface area contributed by atoms with Crippen LogP contribution in [-0.4, -0.2) is 41.0 Å². The molecule has 0 spiro atoms. The van der Waals surface area contributed by atoms with Crippen LogP contribution in [-0.2, 0) is 16.1 Å². The molecule has 0 unspecified atom stereocenters. The fraction of sp³-hybridized carbons (Fsp3) is 0.571. The van der Waals surface area contributed by atoms with Crippen molar-refractivity contribution in [3.63, 3.8) is 0 Å². The minimum Gasteiger partial charge on any atom is -0.394 e. The Bertz CT molecular complexity index is 416. The number of rotatable bonds is 8. The fourth-order valence-corrected chi connectivity index (χ4v) is 2.60. The average Bonchev–Trinajstić information content (AvgIpc) is 2.91. The molecule has 2 amide bonds. The number of aliphatic hydroxyl groups excluding tert-OH is 1. The van der Waals surface area contributed by atoms with Crippen molar-refractivity contribution < 1.29 is 14.7 Å². The highest BCUT2D eigenvalue weighted by Crippen LogP contribution is 2.14. The normalized spacial score (nSPS) is 11.9. The van der Waals surface area contributed by atoms with Crippen LogP contribution in [0.3, 0.4) is 0 Å². The standard InChI is InChI=1S/C14H22N2O3S/c1-3-13(9-17)16(8-12-5-7-20-10-12)14(19)4-6-15-11(2)18/h5,7,10,13,17H,3-4,6,8-9H2,1-2H3,(H,15,18)/t13-/m1/s1. The highest BCUT2D eigenvalue weighted by atomic mass is 32.1. The molecule has 1 rings (SSSR count). The van der Waals surface area contributed by atoms with Gasteiger partial charge in [0.15, 0.2) is 0 Å². The summed E-state index contributed by atoms with van der Waals surface area (Å²) in [5.74, 6) is -0.192. The third-order valence-electron chi connectivity index (χ3n) is 3.09. The van der Waals surface area contributed by atoms with Gasteiger partial charge in [0.05, 0.1) is 12.6 Å². The Hall–Kier alpha value is -1.40. The van der Waals surface area contributed by atoms with Crippen LogP contribution in [0.5, 0.6) is 0 Å². The number of carbonyl (C=O) groups excluding carboxylic acids is 2. The van der Waals surface area contributed by atoms with E-state index in [9.17, 15) is 14.7 Å². The molecule has 0 aliphatic carbocycles. The highest BCUT2D eigenvalue weighted by molar-refractivity contribution is 7.07. The summed E-state index contributed by atoms with van der Waals surface area (Å²) < 4.78 is 0. The molecule has 0 aliphatic heterocycles. The zero-order valence-electron chi connectivity index (χ0n) is 12.0. The van der Waals surface area contributed by atoms with E-state index in [1.807, 2.05) is 23.8 Å².